The second kappa shape index (κ2) is 3.24. The molecule has 0 aromatic rings. The van der Waals surface area contributed by atoms with Crippen LogP contribution in [0.25, 0.3) is 0 Å². The molecule has 0 amide bonds. The Morgan fingerprint density at radius 1 is 0.750 bits per heavy atom. The molecule has 0 spiro atoms. The van der Waals surface area contributed by atoms with Crippen molar-refractivity contribution in [1.29, 1.82) is 0 Å². The summed E-state index contributed by atoms with van der Waals surface area (Å²) in [7, 11) is 0. The molecule has 0 radical (unpaired) electrons. The van der Waals surface area contributed by atoms with Crippen LogP contribution in [0.1, 0.15) is 0 Å². The van der Waals surface area contributed by atoms with Crippen LogP contribution in [0.15, 0.2) is 0 Å². The van der Waals surface area contributed by atoms with Crippen molar-refractivity contribution in [1.82, 2.24) is 0 Å². The molecule has 0 rings (SSSR count). The third-order valence-electron chi connectivity index (χ3n) is 0.271. The van der Waals surface area contributed by atoms with Gasteiger partial charge in [0.25, 0.3) is 0 Å². The van der Waals surface area contributed by atoms with Crippen molar-refractivity contribution in [2.45, 2.75) is 0 Å². The van der Waals surface area contributed by atoms with Crippen LogP contribution in [-0.2, 0) is 23.6 Å². The first-order valence-corrected chi connectivity index (χ1v) is 11.2. The summed E-state index contributed by atoms with van der Waals surface area (Å²) < 4.78 is -5.23. The van der Waals surface area contributed by atoms with Crippen molar-refractivity contribution in [3.05, 3.63) is 0 Å². The molecular formula is Cl4P2S2. The molecular weight excluding hydrogens is 268 g/mol. The second-order valence-corrected chi connectivity index (χ2v) is 23.5. The number of hydrogen-bond donors (Lipinski definition) is 0. The Morgan fingerprint density at radius 2 is 0.875 bits per heavy atom. The summed E-state index contributed by atoms with van der Waals surface area (Å²) in [6, 6.07) is 0. The minimum absolute atomic E-state index is 2.61. The van der Waals surface area contributed by atoms with E-state index in [1.807, 2.05) is 0 Å². The number of rotatable bonds is 1. The van der Waals surface area contributed by atoms with E-state index < -0.39 is 8.86 Å². The van der Waals surface area contributed by atoms with Gasteiger partial charge in [-0.05, 0) is 0 Å². The van der Waals surface area contributed by atoms with Gasteiger partial charge >= 0.3 is 0 Å². The van der Waals surface area contributed by atoms with Crippen LogP contribution in [0.5, 0.6) is 0 Å². The Hall–Kier alpha value is 2.46. The van der Waals surface area contributed by atoms with E-state index in [0.717, 1.165) is 0 Å². The zero-order valence-corrected chi connectivity index (χ0v) is 9.67. The molecule has 0 aromatic carbocycles. The lowest BCUT2D eigenvalue weighted by atomic mass is 29.5. The summed E-state index contributed by atoms with van der Waals surface area (Å²) in [4.78, 5) is 0. The van der Waals surface area contributed by atoms with Crippen LogP contribution in [0.3, 0.4) is 0 Å². The molecule has 0 aromatic heterocycles. The van der Waals surface area contributed by atoms with Crippen LogP contribution < -0.4 is 0 Å². The van der Waals surface area contributed by atoms with E-state index in [9.17, 15) is 0 Å². The summed E-state index contributed by atoms with van der Waals surface area (Å²) in [5.41, 5.74) is 0. The minimum Gasteiger partial charge on any atom is -0.0603 e. The summed E-state index contributed by atoms with van der Waals surface area (Å²) in [5.74, 6) is 0. The number of halogens is 4. The van der Waals surface area contributed by atoms with E-state index in [-0.39, 0.29) is 0 Å². The highest BCUT2D eigenvalue weighted by Gasteiger charge is 2.26. The zero-order chi connectivity index (χ0) is 7.00. The molecule has 8 heteroatoms. The first-order chi connectivity index (χ1) is 3.25. The van der Waals surface area contributed by atoms with Gasteiger partial charge in [0.2, 0.25) is 0 Å². The van der Waals surface area contributed by atoms with Crippen LogP contribution in [0.2, 0.25) is 0 Å². The Labute approximate surface area is 76.9 Å². The lowest BCUT2D eigenvalue weighted by Gasteiger charge is -2.07. The lowest BCUT2D eigenvalue weighted by molar-refractivity contribution is 4.39. The molecule has 0 aliphatic rings. The third-order valence-corrected chi connectivity index (χ3v) is 22.0. The Balaban J connectivity index is 4.53. The van der Waals surface area contributed by atoms with E-state index in [0.29, 0.717) is 0 Å². The highest BCUT2D eigenvalue weighted by atomic mass is 36.0. The molecule has 0 nitrogen and oxygen atoms in total. The Morgan fingerprint density at radius 3 is 0.875 bits per heavy atom. The fraction of sp³-hybridized carbons (Fsp3) is 0. The third kappa shape index (κ3) is 3.58. The molecule has 0 N–H and O–H groups in total. The van der Waals surface area contributed by atoms with E-state index in [4.69, 9.17) is 45.0 Å². The predicted molar refractivity (Wildman–Crippen MR) is 52.0 cm³/mol. The van der Waals surface area contributed by atoms with Gasteiger partial charge in [0, 0.05) is 0 Å². The van der Waals surface area contributed by atoms with Gasteiger partial charge in [-0.15, -0.1) is 0 Å². The normalized spacial score (nSPS) is 14.0. The Kier molecular flexibility index (Phi) is 4.23. The fourth-order valence-corrected chi connectivity index (χ4v) is 0. The maximum absolute atomic E-state index is 5.38. The quantitative estimate of drug-likeness (QED) is 0.643. The number of hydrogen-bond acceptors (Lipinski definition) is 2. The van der Waals surface area contributed by atoms with E-state index in [1.165, 1.54) is 0 Å². The summed E-state index contributed by atoms with van der Waals surface area (Å²) in [5, 5.41) is 0. The zero-order valence-electron chi connectivity index (χ0n) is 3.22. The topological polar surface area (TPSA) is 0 Å². The molecule has 0 saturated heterocycles. The largest absolute Gasteiger partial charge is 0.176 e. The fourth-order valence-electron chi connectivity index (χ4n) is 0. The lowest BCUT2D eigenvalue weighted by Crippen LogP contribution is -1.43. The van der Waals surface area contributed by atoms with Gasteiger partial charge in [-0.1, -0.05) is 68.6 Å². The van der Waals surface area contributed by atoms with Gasteiger partial charge in [0.05, 0.1) is 0 Å². The van der Waals surface area contributed by atoms with Crippen LogP contribution in [-0.4, -0.2) is 0 Å². The second-order valence-electron chi connectivity index (χ2n) is 0.869. The smallest absolute Gasteiger partial charge is 0.0603 e. The summed E-state index contributed by atoms with van der Waals surface area (Å²) in [6.45, 7) is 0. The molecule has 50 valence electrons. The molecule has 0 heterocycles. The molecule has 0 fully saturated rings. The molecule has 0 saturated carbocycles. The maximum Gasteiger partial charge on any atom is 0.176 e. The molecule has 8 heavy (non-hydrogen) atoms. The van der Waals surface area contributed by atoms with Gasteiger partial charge in [-0.3, -0.25) is 0 Å². The van der Waals surface area contributed by atoms with Crippen molar-refractivity contribution in [2.24, 2.45) is 0 Å². The average molecular weight is 268 g/mol. The molecule has 0 atom stereocenters. The monoisotopic (exact) mass is 266 g/mol. The van der Waals surface area contributed by atoms with Gasteiger partial charge < -0.3 is 0 Å². The average Bonchev–Trinajstić information content (AvgIpc) is 1.25. The van der Waals surface area contributed by atoms with Gasteiger partial charge in [-0.25, -0.2) is 0 Å². The van der Waals surface area contributed by atoms with Crippen molar-refractivity contribution in [3.8, 4) is 0 Å². The van der Waals surface area contributed by atoms with Crippen molar-refractivity contribution >= 4 is 77.4 Å². The van der Waals surface area contributed by atoms with E-state index in [2.05, 4.69) is 23.6 Å². The standard InChI is InChI=1S/Cl4P2S2/c1-5(2,7)6(3,4)8. The first-order valence-electron chi connectivity index (χ1n) is 1.24. The van der Waals surface area contributed by atoms with Gasteiger partial charge in [0.1, 0.15) is 0 Å². The Bertz CT molecular complexity index is 141. The van der Waals surface area contributed by atoms with Gasteiger partial charge in [0.15, 0.2) is 8.86 Å². The minimum atomic E-state index is -2.61. The SMILES string of the molecule is S=P(Cl)(Cl)P(=S)(Cl)Cl. The van der Waals surface area contributed by atoms with Crippen LogP contribution in [0.4, 0.5) is 0 Å². The maximum atomic E-state index is 5.38. The highest BCUT2D eigenvalue weighted by Crippen LogP contribution is 2.93. The summed E-state index contributed by atoms with van der Waals surface area (Å²) >= 11 is 30.6. The van der Waals surface area contributed by atoms with Gasteiger partial charge in [-0.2, -0.15) is 0 Å². The van der Waals surface area contributed by atoms with Crippen LogP contribution in [0, 0.1) is 0 Å². The van der Waals surface area contributed by atoms with Crippen molar-refractivity contribution < 1.29 is 0 Å². The van der Waals surface area contributed by atoms with Crippen LogP contribution >= 0.6 is 53.8 Å². The predicted octanol–water partition coefficient (Wildman–Crippen LogP) is 4.48. The first kappa shape index (κ1) is 10.5. The van der Waals surface area contributed by atoms with E-state index >= 15 is 0 Å². The van der Waals surface area contributed by atoms with E-state index in [1.54, 1.807) is 0 Å². The summed E-state index contributed by atoms with van der Waals surface area (Å²) in [6.07, 6.45) is 0. The van der Waals surface area contributed by atoms with Crippen molar-refractivity contribution in [3.63, 3.8) is 0 Å². The molecule has 0 unspecified atom stereocenters. The van der Waals surface area contributed by atoms with Crippen molar-refractivity contribution in [2.75, 3.05) is 0 Å². The highest BCUT2D eigenvalue weighted by molar-refractivity contribution is 8.90. The molecule has 0 aliphatic carbocycles. The molecule has 0 bridgehead atoms. The molecule has 0 aliphatic heterocycles.